The van der Waals surface area contributed by atoms with Crippen molar-refractivity contribution in [2.75, 3.05) is 0 Å². The van der Waals surface area contributed by atoms with Gasteiger partial charge in [0.15, 0.2) is 0 Å². The number of hydrogen-bond donors (Lipinski definition) is 0. The molecule has 0 N–H and O–H groups in total. The maximum Gasteiger partial charge on any atom is 0.290 e. The van der Waals surface area contributed by atoms with E-state index in [1.165, 1.54) is 18.2 Å². The number of nitro benzene ring substituents is 4. The first-order valence-electron chi connectivity index (χ1n) is 8.87. The van der Waals surface area contributed by atoms with Crippen LogP contribution < -0.4 is 0 Å². The Balaban J connectivity index is 2.07. The van der Waals surface area contributed by atoms with Crippen LogP contribution in [0, 0.1) is 40.5 Å². The second kappa shape index (κ2) is 7.72. The van der Waals surface area contributed by atoms with Gasteiger partial charge >= 0.3 is 0 Å². The molecule has 0 radical (unpaired) electrons. The van der Waals surface area contributed by atoms with E-state index in [0.29, 0.717) is 0 Å². The van der Waals surface area contributed by atoms with E-state index >= 15 is 0 Å². The van der Waals surface area contributed by atoms with Gasteiger partial charge in [0.25, 0.3) is 22.7 Å². The first-order chi connectivity index (χ1) is 15.6. The first-order valence-corrected chi connectivity index (χ1v) is 9.25. The maximum atomic E-state index is 11.7. The monoisotopic (exact) mass is 469 g/mol. The summed E-state index contributed by atoms with van der Waals surface area (Å²) in [7, 11) is 0. The Hall–Kier alpha value is -4.78. The van der Waals surface area contributed by atoms with Gasteiger partial charge in [0.1, 0.15) is 5.02 Å². The van der Waals surface area contributed by atoms with Gasteiger partial charge in [-0.2, -0.15) is 0 Å². The van der Waals surface area contributed by atoms with Crippen molar-refractivity contribution in [2.24, 2.45) is 4.99 Å². The molecule has 13 nitrogen and oxygen atoms in total. The van der Waals surface area contributed by atoms with E-state index in [-0.39, 0.29) is 44.4 Å². The Morgan fingerprint density at radius 2 is 1.27 bits per heavy atom. The summed E-state index contributed by atoms with van der Waals surface area (Å²) in [4.78, 5) is 46.9. The molecule has 1 aliphatic carbocycles. The van der Waals surface area contributed by atoms with Crippen molar-refractivity contribution < 1.29 is 19.7 Å². The zero-order valence-corrected chi connectivity index (χ0v) is 16.8. The number of nitrogens with zero attached hydrogens (tertiary/aromatic N) is 5. The van der Waals surface area contributed by atoms with Crippen LogP contribution in [0.25, 0.3) is 11.1 Å². The van der Waals surface area contributed by atoms with E-state index in [9.17, 15) is 40.5 Å². The Morgan fingerprint density at radius 3 is 1.88 bits per heavy atom. The van der Waals surface area contributed by atoms with Crippen molar-refractivity contribution in [1.82, 2.24) is 0 Å². The molecule has 3 aromatic rings. The third-order valence-corrected chi connectivity index (χ3v) is 5.19. The number of fused-ring (bicyclic) bond motifs is 3. The van der Waals surface area contributed by atoms with Crippen LogP contribution in [0.3, 0.4) is 0 Å². The Kier molecular flexibility index (Phi) is 5.02. The van der Waals surface area contributed by atoms with Gasteiger partial charge < -0.3 is 0 Å². The van der Waals surface area contributed by atoms with Crippen LogP contribution in [0.2, 0.25) is 5.02 Å². The molecule has 0 amide bonds. The molecule has 0 saturated carbocycles. The van der Waals surface area contributed by atoms with Crippen LogP contribution in [0.1, 0.15) is 11.1 Å². The first kappa shape index (κ1) is 21.5. The predicted molar refractivity (Wildman–Crippen MR) is 115 cm³/mol. The molecule has 33 heavy (non-hydrogen) atoms. The molecule has 0 unspecified atom stereocenters. The molecule has 14 heteroatoms. The summed E-state index contributed by atoms with van der Waals surface area (Å²) in [6.07, 6.45) is 0. The molecule has 0 fully saturated rings. The third-order valence-electron chi connectivity index (χ3n) is 4.87. The lowest BCUT2D eigenvalue weighted by Gasteiger charge is -2.04. The minimum Gasteiger partial charge on any atom is -0.258 e. The van der Waals surface area contributed by atoms with Gasteiger partial charge in [-0.1, -0.05) is 11.6 Å². The highest BCUT2D eigenvalue weighted by molar-refractivity contribution is 6.32. The average molecular weight is 470 g/mol. The van der Waals surface area contributed by atoms with E-state index in [2.05, 4.69) is 4.99 Å². The van der Waals surface area contributed by atoms with Crippen LogP contribution >= 0.6 is 11.6 Å². The fourth-order valence-electron chi connectivity index (χ4n) is 3.50. The standard InChI is InChI=1S/C19H8ClN5O8/c20-15-4-1-9(5-16(15)24(30)31)21-19-13-6-10(22(26)27)2-3-12(13)18-14(19)7-11(23(28)29)8-17(18)25(32)33/h1-8H/b21-19+. The van der Waals surface area contributed by atoms with Crippen LogP contribution in [0.5, 0.6) is 0 Å². The predicted octanol–water partition coefficient (Wildman–Crippen LogP) is 5.12. The van der Waals surface area contributed by atoms with Gasteiger partial charge in [-0.3, -0.25) is 40.5 Å². The molecule has 0 aromatic heterocycles. The van der Waals surface area contributed by atoms with E-state index in [1.807, 2.05) is 0 Å². The number of nitro groups is 4. The van der Waals surface area contributed by atoms with E-state index < -0.39 is 36.8 Å². The topological polar surface area (TPSA) is 185 Å². The van der Waals surface area contributed by atoms with Crippen molar-refractivity contribution in [3.05, 3.63) is 105 Å². The van der Waals surface area contributed by atoms with Gasteiger partial charge in [0.05, 0.1) is 42.7 Å². The maximum absolute atomic E-state index is 11.7. The van der Waals surface area contributed by atoms with Crippen LogP contribution in [0.15, 0.2) is 53.5 Å². The van der Waals surface area contributed by atoms with Crippen LogP contribution in [0.4, 0.5) is 28.4 Å². The van der Waals surface area contributed by atoms with Gasteiger partial charge in [0, 0.05) is 35.4 Å². The van der Waals surface area contributed by atoms with Gasteiger partial charge in [0.2, 0.25) is 0 Å². The summed E-state index contributed by atoms with van der Waals surface area (Å²) >= 11 is 5.82. The number of halogens is 1. The lowest BCUT2D eigenvalue weighted by Crippen LogP contribution is -2.01. The highest BCUT2D eigenvalue weighted by atomic mass is 35.5. The van der Waals surface area contributed by atoms with Crippen molar-refractivity contribution in [3.63, 3.8) is 0 Å². The van der Waals surface area contributed by atoms with Crippen molar-refractivity contribution in [2.45, 2.75) is 0 Å². The number of benzene rings is 3. The molecular weight excluding hydrogens is 462 g/mol. The normalized spacial score (nSPS) is 12.8. The molecule has 0 aliphatic heterocycles. The third kappa shape index (κ3) is 3.61. The van der Waals surface area contributed by atoms with Crippen molar-refractivity contribution >= 4 is 45.7 Å². The fourth-order valence-corrected chi connectivity index (χ4v) is 3.68. The zero-order chi connectivity index (χ0) is 24.0. The molecule has 1 aliphatic rings. The van der Waals surface area contributed by atoms with Crippen molar-refractivity contribution in [1.29, 1.82) is 0 Å². The molecule has 0 atom stereocenters. The Bertz CT molecular complexity index is 1450. The van der Waals surface area contributed by atoms with Crippen molar-refractivity contribution in [3.8, 4) is 11.1 Å². The highest BCUT2D eigenvalue weighted by Crippen LogP contribution is 2.46. The number of hydrogen-bond acceptors (Lipinski definition) is 9. The fraction of sp³-hybridized carbons (Fsp3) is 0. The van der Waals surface area contributed by atoms with Gasteiger partial charge in [-0.05, 0) is 23.8 Å². The molecular formula is C19H8ClN5O8. The van der Waals surface area contributed by atoms with E-state index in [4.69, 9.17) is 11.6 Å². The molecule has 164 valence electrons. The Morgan fingerprint density at radius 1 is 0.636 bits per heavy atom. The van der Waals surface area contributed by atoms with Gasteiger partial charge in [-0.25, -0.2) is 4.99 Å². The number of aliphatic imine (C=N–C) groups is 1. The van der Waals surface area contributed by atoms with Crippen LogP contribution in [-0.4, -0.2) is 25.4 Å². The lowest BCUT2D eigenvalue weighted by molar-refractivity contribution is -0.393. The summed E-state index contributed by atoms with van der Waals surface area (Å²) in [5.41, 5.74) is -1.69. The lowest BCUT2D eigenvalue weighted by atomic mass is 10.0. The second-order valence-corrected chi connectivity index (χ2v) is 7.15. The Labute approximate surface area is 187 Å². The summed E-state index contributed by atoms with van der Waals surface area (Å²) < 4.78 is 0. The quantitative estimate of drug-likeness (QED) is 0.284. The summed E-state index contributed by atoms with van der Waals surface area (Å²) in [6, 6.07) is 9.03. The number of non-ortho nitro benzene ring substituents is 2. The van der Waals surface area contributed by atoms with E-state index in [1.54, 1.807) is 0 Å². The largest absolute Gasteiger partial charge is 0.290 e. The summed E-state index contributed by atoms with van der Waals surface area (Å²) in [5, 5.41) is 45.4. The molecule has 3 aromatic carbocycles. The smallest absolute Gasteiger partial charge is 0.258 e. The van der Waals surface area contributed by atoms with Crippen LogP contribution in [-0.2, 0) is 0 Å². The summed E-state index contributed by atoms with van der Waals surface area (Å²) in [5.74, 6) is 0. The number of rotatable bonds is 5. The SMILES string of the molecule is O=[N+]([O-])c1ccc2c(c1)/C(=N\c1ccc(Cl)c([N+](=O)[O-])c1)c1cc([N+](=O)[O-])cc([N+](=O)[O-])c1-2. The zero-order valence-electron chi connectivity index (χ0n) is 16.0. The molecule has 0 bridgehead atoms. The second-order valence-electron chi connectivity index (χ2n) is 6.74. The molecule has 0 heterocycles. The highest BCUT2D eigenvalue weighted by Gasteiger charge is 2.36. The van der Waals surface area contributed by atoms with Gasteiger partial charge in [-0.15, -0.1) is 0 Å². The van der Waals surface area contributed by atoms with E-state index in [0.717, 1.165) is 30.3 Å². The molecule has 4 rings (SSSR count). The minimum atomic E-state index is -0.816. The summed E-state index contributed by atoms with van der Waals surface area (Å²) in [6.45, 7) is 0. The minimum absolute atomic E-state index is 0.00212. The molecule has 0 spiro atoms. The average Bonchev–Trinajstić information content (AvgIpc) is 3.06. The molecule has 0 saturated heterocycles.